The lowest BCUT2D eigenvalue weighted by molar-refractivity contribution is -0.00446. The van der Waals surface area contributed by atoms with Gasteiger partial charge in [0.1, 0.15) is 0 Å². The van der Waals surface area contributed by atoms with Crippen LogP contribution in [-0.4, -0.2) is 17.3 Å². The highest BCUT2D eigenvalue weighted by atomic mass is 16.3. The van der Waals surface area contributed by atoms with Crippen LogP contribution in [0.25, 0.3) is 0 Å². The SMILES string of the molecule is C[C@@H]1CCC[C@](O)(CN)C1. The van der Waals surface area contributed by atoms with Crippen LogP contribution in [0.4, 0.5) is 0 Å². The van der Waals surface area contributed by atoms with Crippen LogP contribution < -0.4 is 5.73 Å². The van der Waals surface area contributed by atoms with E-state index in [1.54, 1.807) is 0 Å². The minimum atomic E-state index is -0.530. The minimum absolute atomic E-state index is 0.428. The van der Waals surface area contributed by atoms with Gasteiger partial charge in [0.25, 0.3) is 0 Å². The second-order valence-electron chi connectivity index (χ2n) is 3.63. The van der Waals surface area contributed by atoms with Crippen LogP contribution in [0.1, 0.15) is 32.6 Å². The van der Waals surface area contributed by atoms with Crippen molar-refractivity contribution in [3.05, 3.63) is 0 Å². The van der Waals surface area contributed by atoms with Gasteiger partial charge in [-0.1, -0.05) is 19.8 Å². The van der Waals surface area contributed by atoms with Crippen molar-refractivity contribution in [1.82, 2.24) is 0 Å². The van der Waals surface area contributed by atoms with Crippen molar-refractivity contribution < 1.29 is 5.11 Å². The van der Waals surface area contributed by atoms with Gasteiger partial charge in [-0.15, -0.1) is 0 Å². The second-order valence-corrected chi connectivity index (χ2v) is 3.63. The molecule has 0 aliphatic heterocycles. The molecular weight excluding hydrogens is 126 g/mol. The van der Waals surface area contributed by atoms with Gasteiger partial charge in [0.2, 0.25) is 0 Å². The van der Waals surface area contributed by atoms with E-state index in [4.69, 9.17) is 5.73 Å². The van der Waals surface area contributed by atoms with Gasteiger partial charge in [0.05, 0.1) is 5.60 Å². The smallest absolute Gasteiger partial charge is 0.0772 e. The molecule has 2 atom stereocenters. The van der Waals surface area contributed by atoms with Gasteiger partial charge in [-0.2, -0.15) is 0 Å². The standard InChI is InChI=1S/C8H17NO/c1-7-3-2-4-8(10,5-7)6-9/h7,10H,2-6,9H2,1H3/t7-,8-/m1/s1. The molecule has 1 aliphatic rings. The van der Waals surface area contributed by atoms with Gasteiger partial charge in [-0.3, -0.25) is 0 Å². The molecule has 0 aromatic carbocycles. The van der Waals surface area contributed by atoms with Crippen molar-refractivity contribution >= 4 is 0 Å². The van der Waals surface area contributed by atoms with E-state index in [0.717, 1.165) is 19.3 Å². The van der Waals surface area contributed by atoms with Gasteiger partial charge in [-0.05, 0) is 18.8 Å². The minimum Gasteiger partial charge on any atom is -0.389 e. The first-order valence-corrected chi connectivity index (χ1v) is 4.09. The maximum absolute atomic E-state index is 9.73. The van der Waals surface area contributed by atoms with Crippen LogP contribution >= 0.6 is 0 Å². The van der Waals surface area contributed by atoms with Crippen LogP contribution in [0.2, 0.25) is 0 Å². The lowest BCUT2D eigenvalue weighted by Crippen LogP contribution is -2.41. The van der Waals surface area contributed by atoms with Gasteiger partial charge in [0.15, 0.2) is 0 Å². The number of aliphatic hydroxyl groups is 1. The van der Waals surface area contributed by atoms with E-state index >= 15 is 0 Å². The maximum atomic E-state index is 9.73. The highest BCUT2D eigenvalue weighted by Crippen LogP contribution is 2.30. The normalized spacial score (nSPS) is 41.7. The molecule has 2 nitrogen and oxygen atoms in total. The molecular formula is C8H17NO. The van der Waals surface area contributed by atoms with Crippen LogP contribution in [0, 0.1) is 5.92 Å². The first kappa shape index (κ1) is 8.02. The fourth-order valence-corrected chi connectivity index (χ4v) is 1.82. The molecule has 0 aromatic heterocycles. The van der Waals surface area contributed by atoms with E-state index in [0.29, 0.717) is 12.5 Å². The lowest BCUT2D eigenvalue weighted by atomic mass is 9.79. The Morgan fingerprint density at radius 2 is 2.40 bits per heavy atom. The number of hydrogen-bond acceptors (Lipinski definition) is 2. The molecule has 0 heterocycles. The summed E-state index contributed by atoms with van der Waals surface area (Å²) in [6.45, 7) is 2.61. The topological polar surface area (TPSA) is 46.2 Å². The second kappa shape index (κ2) is 2.89. The van der Waals surface area contributed by atoms with E-state index in [1.807, 2.05) is 0 Å². The van der Waals surface area contributed by atoms with Crippen molar-refractivity contribution in [3.63, 3.8) is 0 Å². The van der Waals surface area contributed by atoms with Crippen LogP contribution in [0.3, 0.4) is 0 Å². The van der Waals surface area contributed by atoms with Gasteiger partial charge >= 0.3 is 0 Å². The van der Waals surface area contributed by atoms with Gasteiger partial charge < -0.3 is 10.8 Å². The van der Waals surface area contributed by atoms with Gasteiger partial charge in [0, 0.05) is 6.54 Å². The summed E-state index contributed by atoms with van der Waals surface area (Å²) in [5.74, 6) is 0.655. The molecule has 60 valence electrons. The number of rotatable bonds is 1. The highest BCUT2D eigenvalue weighted by Gasteiger charge is 2.30. The van der Waals surface area contributed by atoms with E-state index in [1.165, 1.54) is 6.42 Å². The Labute approximate surface area is 62.4 Å². The first-order valence-electron chi connectivity index (χ1n) is 4.09. The molecule has 0 unspecified atom stereocenters. The largest absolute Gasteiger partial charge is 0.389 e. The molecule has 1 fully saturated rings. The molecule has 3 N–H and O–H groups in total. The third-order valence-electron chi connectivity index (χ3n) is 2.45. The molecule has 1 rings (SSSR count). The Bertz CT molecular complexity index is 116. The zero-order chi connectivity index (χ0) is 7.61. The summed E-state index contributed by atoms with van der Waals surface area (Å²) < 4.78 is 0. The Morgan fingerprint density at radius 3 is 2.80 bits per heavy atom. The predicted molar refractivity (Wildman–Crippen MR) is 41.6 cm³/mol. The fourth-order valence-electron chi connectivity index (χ4n) is 1.82. The zero-order valence-corrected chi connectivity index (χ0v) is 6.64. The molecule has 0 saturated heterocycles. The number of nitrogens with two attached hydrogens (primary N) is 1. The average molecular weight is 143 g/mol. The molecule has 0 bridgehead atoms. The molecule has 0 spiro atoms. The molecule has 10 heavy (non-hydrogen) atoms. The summed E-state index contributed by atoms with van der Waals surface area (Å²) in [7, 11) is 0. The van der Waals surface area contributed by atoms with E-state index in [-0.39, 0.29) is 0 Å². The molecule has 0 amide bonds. The fraction of sp³-hybridized carbons (Fsp3) is 1.00. The summed E-state index contributed by atoms with van der Waals surface area (Å²) in [5.41, 5.74) is 4.92. The van der Waals surface area contributed by atoms with Crippen molar-refractivity contribution in [2.75, 3.05) is 6.54 Å². The summed E-state index contributed by atoms with van der Waals surface area (Å²) in [4.78, 5) is 0. The van der Waals surface area contributed by atoms with Crippen LogP contribution in [0.15, 0.2) is 0 Å². The molecule has 0 aromatic rings. The summed E-state index contributed by atoms with van der Waals surface area (Å²) >= 11 is 0. The van der Waals surface area contributed by atoms with Crippen LogP contribution in [-0.2, 0) is 0 Å². The quantitative estimate of drug-likeness (QED) is 0.572. The first-order chi connectivity index (χ1) is 4.66. The predicted octanol–water partition coefficient (Wildman–Crippen LogP) is 0.886. The van der Waals surface area contributed by atoms with E-state index < -0.39 is 5.60 Å². The summed E-state index contributed by atoms with van der Waals surface area (Å²) in [6, 6.07) is 0. The van der Waals surface area contributed by atoms with E-state index in [2.05, 4.69) is 6.92 Å². The molecule has 0 radical (unpaired) electrons. The van der Waals surface area contributed by atoms with Crippen LogP contribution in [0.5, 0.6) is 0 Å². The Balaban J connectivity index is 2.45. The molecule has 2 heteroatoms. The Morgan fingerprint density at radius 1 is 1.70 bits per heavy atom. The lowest BCUT2D eigenvalue weighted by Gasteiger charge is -2.34. The zero-order valence-electron chi connectivity index (χ0n) is 6.64. The van der Waals surface area contributed by atoms with Crippen molar-refractivity contribution in [2.45, 2.75) is 38.2 Å². The van der Waals surface area contributed by atoms with Crippen molar-refractivity contribution in [2.24, 2.45) is 11.7 Å². The molecule has 1 saturated carbocycles. The Hall–Kier alpha value is -0.0800. The summed E-state index contributed by atoms with van der Waals surface area (Å²) in [6.07, 6.45) is 4.18. The Kier molecular flexibility index (Phi) is 2.32. The average Bonchev–Trinajstić information content (AvgIpc) is 1.88. The highest BCUT2D eigenvalue weighted by molar-refractivity contribution is 4.85. The summed E-state index contributed by atoms with van der Waals surface area (Å²) in [5, 5.41) is 9.73. The maximum Gasteiger partial charge on any atom is 0.0772 e. The third-order valence-corrected chi connectivity index (χ3v) is 2.45. The van der Waals surface area contributed by atoms with Crippen molar-refractivity contribution in [1.29, 1.82) is 0 Å². The third kappa shape index (κ3) is 1.70. The number of hydrogen-bond donors (Lipinski definition) is 2. The van der Waals surface area contributed by atoms with Crippen molar-refractivity contribution in [3.8, 4) is 0 Å². The van der Waals surface area contributed by atoms with Gasteiger partial charge in [-0.25, -0.2) is 0 Å². The molecule has 1 aliphatic carbocycles. The monoisotopic (exact) mass is 143 g/mol. The van der Waals surface area contributed by atoms with E-state index in [9.17, 15) is 5.11 Å².